The Balaban J connectivity index is 1.63. The molecule has 0 bridgehead atoms. The van der Waals surface area contributed by atoms with Crippen LogP contribution in [0.3, 0.4) is 0 Å². The first-order chi connectivity index (χ1) is 13.8. The van der Waals surface area contributed by atoms with Crippen LogP contribution in [0.25, 0.3) is 0 Å². The number of rotatable bonds is 6. The van der Waals surface area contributed by atoms with Crippen LogP contribution in [0.15, 0.2) is 65.3 Å². The van der Waals surface area contributed by atoms with Crippen molar-refractivity contribution in [1.82, 2.24) is 0 Å². The second-order valence-corrected chi connectivity index (χ2v) is 6.74. The Morgan fingerprint density at radius 2 is 1.72 bits per heavy atom. The number of Topliss-reactive ketones (excluding diaryl/α,β-unsaturated/α-hetero) is 1. The van der Waals surface area contributed by atoms with E-state index in [4.69, 9.17) is 9.15 Å². The van der Waals surface area contributed by atoms with Crippen LogP contribution >= 0.6 is 0 Å². The van der Waals surface area contributed by atoms with Crippen LogP contribution in [0, 0.1) is 13.8 Å². The number of carbonyl (C=O) groups excluding carboxylic acids is 3. The van der Waals surface area contributed by atoms with E-state index in [0.717, 1.165) is 11.1 Å². The zero-order valence-corrected chi connectivity index (χ0v) is 16.4. The first-order valence-electron chi connectivity index (χ1n) is 9.12. The average Bonchev–Trinajstić information content (AvgIpc) is 3.24. The van der Waals surface area contributed by atoms with Crippen molar-refractivity contribution in [3.8, 4) is 0 Å². The average molecular weight is 391 g/mol. The van der Waals surface area contributed by atoms with Crippen molar-refractivity contribution in [2.24, 2.45) is 0 Å². The Labute approximate surface area is 168 Å². The van der Waals surface area contributed by atoms with Gasteiger partial charge >= 0.3 is 5.97 Å². The summed E-state index contributed by atoms with van der Waals surface area (Å²) in [5, 5.41) is 2.66. The van der Waals surface area contributed by atoms with Gasteiger partial charge in [-0.1, -0.05) is 17.7 Å². The van der Waals surface area contributed by atoms with Crippen LogP contribution in [0.5, 0.6) is 0 Å². The highest BCUT2D eigenvalue weighted by atomic mass is 16.5. The van der Waals surface area contributed by atoms with Crippen LogP contribution in [0.4, 0.5) is 5.69 Å². The minimum atomic E-state index is -0.915. The SMILES string of the molecule is Cc1ccc(C)c(C(=O)[C@H](C)OC(=O)c2ccc(NC(=O)c3ccco3)cc2)c1. The number of esters is 1. The number of ketones is 1. The smallest absolute Gasteiger partial charge is 0.338 e. The predicted octanol–water partition coefficient (Wildman–Crippen LogP) is 4.58. The van der Waals surface area contributed by atoms with E-state index in [9.17, 15) is 14.4 Å². The van der Waals surface area contributed by atoms with Crippen molar-refractivity contribution in [3.05, 3.63) is 88.9 Å². The highest BCUT2D eigenvalue weighted by Crippen LogP contribution is 2.17. The summed E-state index contributed by atoms with van der Waals surface area (Å²) in [7, 11) is 0. The zero-order chi connectivity index (χ0) is 21.0. The lowest BCUT2D eigenvalue weighted by molar-refractivity contribution is 0.0318. The number of benzene rings is 2. The van der Waals surface area contributed by atoms with Gasteiger partial charge in [-0.05, 0) is 68.8 Å². The van der Waals surface area contributed by atoms with Crippen molar-refractivity contribution < 1.29 is 23.5 Å². The van der Waals surface area contributed by atoms with Crippen molar-refractivity contribution in [2.45, 2.75) is 26.9 Å². The molecule has 2 aromatic carbocycles. The third kappa shape index (κ3) is 4.79. The Kier molecular flexibility index (Phi) is 5.93. The van der Waals surface area contributed by atoms with Gasteiger partial charge in [-0.3, -0.25) is 9.59 Å². The van der Waals surface area contributed by atoms with Crippen LogP contribution < -0.4 is 5.32 Å². The van der Waals surface area contributed by atoms with E-state index in [-0.39, 0.29) is 17.1 Å². The molecule has 6 nitrogen and oxygen atoms in total. The fourth-order valence-corrected chi connectivity index (χ4v) is 2.79. The second-order valence-electron chi connectivity index (χ2n) is 6.74. The van der Waals surface area contributed by atoms with Gasteiger partial charge in [0, 0.05) is 11.3 Å². The van der Waals surface area contributed by atoms with Crippen LogP contribution in [-0.2, 0) is 4.74 Å². The van der Waals surface area contributed by atoms with E-state index in [1.807, 2.05) is 26.0 Å². The molecule has 0 fully saturated rings. The molecule has 0 radical (unpaired) electrons. The van der Waals surface area contributed by atoms with Crippen LogP contribution in [-0.4, -0.2) is 23.8 Å². The van der Waals surface area contributed by atoms with Gasteiger partial charge in [0.25, 0.3) is 5.91 Å². The number of hydrogen-bond donors (Lipinski definition) is 1. The molecule has 0 saturated heterocycles. The Morgan fingerprint density at radius 3 is 2.38 bits per heavy atom. The van der Waals surface area contributed by atoms with E-state index < -0.39 is 18.0 Å². The lowest BCUT2D eigenvalue weighted by Crippen LogP contribution is -2.25. The number of aryl methyl sites for hydroxylation is 2. The molecule has 3 rings (SSSR count). The Morgan fingerprint density at radius 1 is 1.00 bits per heavy atom. The number of carbonyl (C=O) groups is 3. The summed E-state index contributed by atoms with van der Waals surface area (Å²) in [5.74, 6) is -1.06. The van der Waals surface area contributed by atoms with Crippen molar-refractivity contribution in [2.75, 3.05) is 5.32 Å². The topological polar surface area (TPSA) is 85.6 Å². The first-order valence-corrected chi connectivity index (χ1v) is 9.12. The molecule has 1 atom stereocenters. The number of hydrogen-bond acceptors (Lipinski definition) is 5. The highest BCUT2D eigenvalue weighted by molar-refractivity contribution is 6.03. The fraction of sp³-hybridized carbons (Fsp3) is 0.174. The van der Waals surface area contributed by atoms with Crippen molar-refractivity contribution in [1.29, 1.82) is 0 Å². The summed E-state index contributed by atoms with van der Waals surface area (Å²) in [4.78, 5) is 37.0. The Bertz CT molecular complexity index is 1040. The number of nitrogens with one attached hydrogen (secondary N) is 1. The summed E-state index contributed by atoms with van der Waals surface area (Å²) in [6.45, 7) is 5.30. The van der Waals surface area contributed by atoms with Gasteiger partial charge in [-0.2, -0.15) is 0 Å². The summed E-state index contributed by atoms with van der Waals surface area (Å²) in [5.41, 5.74) is 3.12. The maximum absolute atomic E-state index is 12.6. The normalized spacial score (nSPS) is 11.6. The maximum Gasteiger partial charge on any atom is 0.338 e. The molecular formula is C23H21NO5. The number of ether oxygens (including phenoxy) is 1. The van der Waals surface area contributed by atoms with E-state index in [2.05, 4.69) is 5.32 Å². The Hall–Kier alpha value is -3.67. The molecule has 0 spiro atoms. The molecule has 1 aromatic heterocycles. The first kappa shape index (κ1) is 20.1. The van der Waals surface area contributed by atoms with Gasteiger partial charge in [0.05, 0.1) is 11.8 Å². The monoisotopic (exact) mass is 391 g/mol. The van der Waals surface area contributed by atoms with Crippen LogP contribution in [0.2, 0.25) is 0 Å². The van der Waals surface area contributed by atoms with Crippen LogP contribution in [0.1, 0.15) is 49.3 Å². The summed E-state index contributed by atoms with van der Waals surface area (Å²) in [6, 6.07) is 15.0. The van der Waals surface area contributed by atoms with Gasteiger partial charge < -0.3 is 14.5 Å². The summed E-state index contributed by atoms with van der Waals surface area (Å²) < 4.78 is 10.4. The van der Waals surface area contributed by atoms with Crippen molar-refractivity contribution in [3.63, 3.8) is 0 Å². The molecule has 6 heteroatoms. The third-order valence-electron chi connectivity index (χ3n) is 4.44. The molecule has 29 heavy (non-hydrogen) atoms. The largest absolute Gasteiger partial charge is 0.459 e. The standard InChI is InChI=1S/C23H21NO5/c1-14-6-7-15(2)19(13-14)21(25)16(3)29-23(27)17-8-10-18(11-9-17)24-22(26)20-5-4-12-28-20/h4-13,16H,1-3H3,(H,24,26)/t16-/m0/s1. The van der Waals surface area contributed by atoms with E-state index in [1.54, 1.807) is 37.3 Å². The zero-order valence-electron chi connectivity index (χ0n) is 16.4. The van der Waals surface area contributed by atoms with Gasteiger partial charge in [-0.15, -0.1) is 0 Å². The molecule has 148 valence electrons. The van der Waals surface area contributed by atoms with E-state index >= 15 is 0 Å². The third-order valence-corrected chi connectivity index (χ3v) is 4.44. The molecule has 1 heterocycles. The number of amides is 1. The minimum Gasteiger partial charge on any atom is -0.459 e. The summed E-state index contributed by atoms with van der Waals surface area (Å²) >= 11 is 0. The lowest BCUT2D eigenvalue weighted by atomic mass is 9.99. The van der Waals surface area contributed by atoms with Gasteiger partial charge in [-0.25, -0.2) is 4.79 Å². The molecule has 0 aliphatic rings. The predicted molar refractivity (Wildman–Crippen MR) is 108 cm³/mol. The van der Waals surface area contributed by atoms with E-state index in [0.29, 0.717) is 11.3 Å². The molecule has 1 N–H and O–H groups in total. The highest BCUT2D eigenvalue weighted by Gasteiger charge is 2.22. The van der Waals surface area contributed by atoms with E-state index in [1.165, 1.54) is 18.4 Å². The molecule has 0 aliphatic carbocycles. The second kappa shape index (κ2) is 8.56. The fourth-order valence-electron chi connectivity index (χ4n) is 2.79. The molecule has 0 aliphatic heterocycles. The molecular weight excluding hydrogens is 370 g/mol. The number of anilines is 1. The van der Waals surface area contributed by atoms with Crippen molar-refractivity contribution >= 4 is 23.3 Å². The molecule has 0 saturated carbocycles. The van der Waals surface area contributed by atoms with Gasteiger partial charge in [0.1, 0.15) is 0 Å². The van der Waals surface area contributed by atoms with Gasteiger partial charge in [0.2, 0.25) is 5.78 Å². The summed E-state index contributed by atoms with van der Waals surface area (Å²) in [6.07, 6.45) is 0.496. The molecule has 1 amide bonds. The molecule has 0 unspecified atom stereocenters. The lowest BCUT2D eigenvalue weighted by Gasteiger charge is -2.14. The maximum atomic E-state index is 12.6. The van der Waals surface area contributed by atoms with Gasteiger partial charge in [0.15, 0.2) is 11.9 Å². The minimum absolute atomic E-state index is 0.187. The number of furan rings is 1. The quantitative estimate of drug-likeness (QED) is 0.491. The molecule has 3 aromatic rings.